The molecule has 1 unspecified atom stereocenters. The lowest BCUT2D eigenvalue weighted by molar-refractivity contribution is -0.140. The molecule has 1 N–H and O–H groups in total. The number of nitrogens with zero attached hydrogens (tertiary/aromatic N) is 2. The Morgan fingerprint density at radius 1 is 1.09 bits per heavy atom. The number of hydrogen-bond acceptors (Lipinski definition) is 5. The monoisotopic (exact) mass is 523 g/mol. The van der Waals surface area contributed by atoms with Crippen LogP contribution in [-0.4, -0.2) is 57.6 Å². The number of ether oxygens (including phenoxy) is 1. The van der Waals surface area contributed by atoms with Gasteiger partial charge < -0.3 is 15.0 Å². The van der Waals surface area contributed by atoms with Crippen LogP contribution in [-0.2, 0) is 26.2 Å². The molecule has 2 amide bonds. The van der Waals surface area contributed by atoms with Crippen LogP contribution in [0.3, 0.4) is 0 Å². The molecule has 1 atom stereocenters. The average Bonchev–Trinajstić information content (AvgIpc) is 2.82. The minimum atomic E-state index is -3.84. The third-order valence-corrected chi connectivity index (χ3v) is 6.97. The molecule has 0 bridgehead atoms. The zero-order valence-electron chi connectivity index (χ0n) is 20.7. The Kier molecular flexibility index (Phi) is 10.9. The van der Waals surface area contributed by atoms with Crippen LogP contribution in [0.25, 0.3) is 0 Å². The first-order valence-corrected chi connectivity index (χ1v) is 13.8. The molecule has 2 rings (SSSR count). The molecule has 2 aromatic rings. The van der Waals surface area contributed by atoms with Gasteiger partial charge in [-0.2, -0.15) is 0 Å². The Labute approximate surface area is 213 Å². The van der Waals surface area contributed by atoms with Gasteiger partial charge in [-0.15, -0.1) is 0 Å². The molecule has 0 spiro atoms. The first-order valence-electron chi connectivity index (χ1n) is 11.5. The van der Waals surface area contributed by atoms with Crippen LogP contribution < -0.4 is 14.4 Å². The molecule has 0 radical (unpaired) electrons. The SMILES string of the molecule is CCCCNC(=O)C(CC)N(Cc1ccc(OC)cc1)C(=O)CN(c1ccccc1Cl)S(C)(=O)=O. The summed E-state index contributed by atoms with van der Waals surface area (Å²) >= 11 is 6.25. The molecule has 0 saturated heterocycles. The van der Waals surface area contributed by atoms with E-state index in [0.29, 0.717) is 18.7 Å². The molecule has 0 aliphatic heterocycles. The van der Waals surface area contributed by atoms with Gasteiger partial charge in [0.1, 0.15) is 18.3 Å². The van der Waals surface area contributed by atoms with Crippen LogP contribution in [0.1, 0.15) is 38.7 Å². The van der Waals surface area contributed by atoms with Gasteiger partial charge >= 0.3 is 0 Å². The fourth-order valence-electron chi connectivity index (χ4n) is 3.60. The average molecular weight is 524 g/mol. The molecular weight excluding hydrogens is 490 g/mol. The summed E-state index contributed by atoms with van der Waals surface area (Å²) in [6.45, 7) is 3.99. The summed E-state index contributed by atoms with van der Waals surface area (Å²) in [5.41, 5.74) is 0.984. The molecule has 0 aromatic heterocycles. The largest absolute Gasteiger partial charge is 0.497 e. The summed E-state index contributed by atoms with van der Waals surface area (Å²) in [6.07, 6.45) is 3.13. The van der Waals surface area contributed by atoms with E-state index in [1.165, 1.54) is 4.90 Å². The van der Waals surface area contributed by atoms with E-state index in [2.05, 4.69) is 5.32 Å². The lowest BCUT2D eigenvalue weighted by Crippen LogP contribution is -2.52. The molecular formula is C25H34ClN3O5S. The highest BCUT2D eigenvalue weighted by molar-refractivity contribution is 7.92. The number of benzene rings is 2. The second kappa shape index (κ2) is 13.3. The van der Waals surface area contributed by atoms with Crippen molar-refractivity contribution in [3.8, 4) is 5.75 Å². The number of para-hydroxylation sites is 1. The number of hydrogen-bond donors (Lipinski definition) is 1. The minimum Gasteiger partial charge on any atom is -0.497 e. The number of carbonyl (C=O) groups is 2. The number of rotatable bonds is 13. The second-order valence-corrected chi connectivity index (χ2v) is 10.5. The lowest BCUT2D eigenvalue weighted by Gasteiger charge is -2.33. The van der Waals surface area contributed by atoms with Crippen molar-refractivity contribution in [1.82, 2.24) is 10.2 Å². The number of unbranched alkanes of at least 4 members (excludes halogenated alkanes) is 1. The molecule has 10 heteroatoms. The van der Waals surface area contributed by atoms with Crippen LogP contribution in [0.4, 0.5) is 5.69 Å². The van der Waals surface area contributed by atoms with E-state index in [1.54, 1.807) is 43.5 Å². The Balaban J connectivity index is 2.41. The van der Waals surface area contributed by atoms with Gasteiger partial charge in [0.25, 0.3) is 0 Å². The third-order valence-electron chi connectivity index (χ3n) is 5.53. The van der Waals surface area contributed by atoms with Gasteiger partial charge in [-0.1, -0.05) is 56.1 Å². The van der Waals surface area contributed by atoms with Gasteiger partial charge in [0.05, 0.1) is 24.1 Å². The minimum absolute atomic E-state index is 0.128. The van der Waals surface area contributed by atoms with Crippen molar-refractivity contribution < 1.29 is 22.7 Å². The van der Waals surface area contributed by atoms with Crippen molar-refractivity contribution in [3.63, 3.8) is 0 Å². The van der Waals surface area contributed by atoms with Gasteiger partial charge in [0.2, 0.25) is 21.8 Å². The van der Waals surface area contributed by atoms with E-state index in [9.17, 15) is 18.0 Å². The molecule has 35 heavy (non-hydrogen) atoms. The van der Waals surface area contributed by atoms with Gasteiger partial charge in [0.15, 0.2) is 0 Å². The van der Waals surface area contributed by atoms with Gasteiger partial charge in [-0.05, 0) is 42.7 Å². The first kappa shape index (κ1) is 28.5. The quantitative estimate of drug-likeness (QED) is 0.402. The fraction of sp³-hybridized carbons (Fsp3) is 0.440. The predicted molar refractivity (Wildman–Crippen MR) is 139 cm³/mol. The van der Waals surface area contributed by atoms with Crippen molar-refractivity contribution in [2.45, 2.75) is 45.7 Å². The highest BCUT2D eigenvalue weighted by atomic mass is 35.5. The second-order valence-electron chi connectivity index (χ2n) is 8.16. The Morgan fingerprint density at radius 2 is 1.74 bits per heavy atom. The number of anilines is 1. The van der Waals surface area contributed by atoms with Crippen LogP contribution in [0.5, 0.6) is 5.75 Å². The Hall–Kier alpha value is -2.78. The van der Waals surface area contributed by atoms with Gasteiger partial charge in [-0.25, -0.2) is 8.42 Å². The van der Waals surface area contributed by atoms with Crippen molar-refractivity contribution in [2.75, 3.05) is 30.8 Å². The number of halogens is 1. The summed E-state index contributed by atoms with van der Waals surface area (Å²) in [5.74, 6) is -0.118. The van der Waals surface area contributed by atoms with E-state index in [0.717, 1.165) is 29.0 Å². The molecule has 192 valence electrons. The smallest absolute Gasteiger partial charge is 0.244 e. The molecule has 0 saturated carbocycles. The molecule has 0 aliphatic rings. The zero-order valence-corrected chi connectivity index (χ0v) is 22.2. The molecule has 0 aliphatic carbocycles. The molecule has 0 fully saturated rings. The van der Waals surface area contributed by atoms with Crippen molar-refractivity contribution in [1.29, 1.82) is 0 Å². The van der Waals surface area contributed by atoms with Crippen molar-refractivity contribution in [3.05, 3.63) is 59.1 Å². The van der Waals surface area contributed by atoms with E-state index in [4.69, 9.17) is 16.3 Å². The summed E-state index contributed by atoms with van der Waals surface area (Å²) < 4.78 is 31.4. The topological polar surface area (TPSA) is 96.0 Å². The van der Waals surface area contributed by atoms with Crippen LogP contribution in [0, 0.1) is 0 Å². The highest BCUT2D eigenvalue weighted by Gasteiger charge is 2.32. The summed E-state index contributed by atoms with van der Waals surface area (Å²) in [4.78, 5) is 28.1. The van der Waals surface area contributed by atoms with Crippen LogP contribution in [0.15, 0.2) is 48.5 Å². The highest BCUT2D eigenvalue weighted by Crippen LogP contribution is 2.27. The molecule has 2 aromatic carbocycles. The maximum absolute atomic E-state index is 13.6. The Bertz CT molecular complexity index is 1090. The number of carbonyl (C=O) groups excluding carboxylic acids is 2. The third kappa shape index (κ3) is 8.14. The Morgan fingerprint density at radius 3 is 2.29 bits per heavy atom. The number of amides is 2. The van der Waals surface area contributed by atoms with Gasteiger partial charge in [-0.3, -0.25) is 13.9 Å². The van der Waals surface area contributed by atoms with Gasteiger partial charge in [0, 0.05) is 13.1 Å². The zero-order chi connectivity index (χ0) is 26.0. The van der Waals surface area contributed by atoms with E-state index < -0.39 is 28.5 Å². The maximum Gasteiger partial charge on any atom is 0.244 e. The maximum atomic E-state index is 13.6. The molecule has 0 heterocycles. The predicted octanol–water partition coefficient (Wildman–Crippen LogP) is 3.84. The van der Waals surface area contributed by atoms with Crippen LogP contribution >= 0.6 is 11.6 Å². The summed E-state index contributed by atoms with van der Waals surface area (Å²) in [5, 5.41) is 3.10. The first-order chi connectivity index (χ1) is 16.6. The molecule has 8 nitrogen and oxygen atoms in total. The fourth-order valence-corrected chi connectivity index (χ4v) is 4.75. The van der Waals surface area contributed by atoms with Crippen molar-refractivity contribution >= 4 is 39.1 Å². The number of nitrogens with one attached hydrogen (secondary N) is 1. The summed E-state index contributed by atoms with van der Waals surface area (Å²) in [6, 6.07) is 12.8. The van der Waals surface area contributed by atoms with E-state index >= 15 is 0 Å². The number of sulfonamides is 1. The lowest BCUT2D eigenvalue weighted by atomic mass is 10.1. The van der Waals surface area contributed by atoms with E-state index in [1.807, 2.05) is 26.0 Å². The van der Waals surface area contributed by atoms with Crippen LogP contribution in [0.2, 0.25) is 5.02 Å². The van der Waals surface area contributed by atoms with E-state index in [-0.39, 0.29) is 23.2 Å². The number of methoxy groups -OCH3 is 1. The van der Waals surface area contributed by atoms with Crippen molar-refractivity contribution in [2.24, 2.45) is 0 Å². The normalized spacial score (nSPS) is 12.0. The standard InChI is InChI=1S/C25H34ClN3O5S/c1-5-7-16-27-25(31)22(6-2)28(17-19-12-14-20(34-3)15-13-19)24(30)18-29(35(4,32)33)23-11-9-8-10-21(23)26/h8-15,22H,5-7,16-18H2,1-4H3,(H,27,31). The summed E-state index contributed by atoms with van der Waals surface area (Å²) in [7, 11) is -2.27.